The van der Waals surface area contributed by atoms with Gasteiger partial charge in [-0.3, -0.25) is 9.59 Å². The van der Waals surface area contributed by atoms with E-state index in [2.05, 4.69) is 10.2 Å². The first-order chi connectivity index (χ1) is 13.7. The Morgan fingerprint density at radius 1 is 0.931 bits per heavy atom. The molecule has 0 unspecified atom stereocenters. The van der Waals surface area contributed by atoms with Crippen LogP contribution in [-0.4, -0.2) is 48.8 Å². The number of nitrogens with zero attached hydrogens (tertiary/aromatic N) is 2. The highest BCUT2D eigenvalue weighted by molar-refractivity contribution is 6.42. The average molecular weight is 436 g/mol. The second kappa shape index (κ2) is 11.2. The van der Waals surface area contributed by atoms with Gasteiger partial charge in [0.15, 0.2) is 0 Å². The molecule has 0 saturated heterocycles. The highest BCUT2D eigenvalue weighted by Crippen LogP contribution is 2.23. The number of halogens is 2. The number of rotatable bonds is 9. The summed E-state index contributed by atoms with van der Waals surface area (Å²) in [5.74, 6) is -0.0791. The molecule has 2 aromatic rings. The van der Waals surface area contributed by atoms with Crippen molar-refractivity contribution in [2.75, 3.05) is 32.5 Å². The molecule has 0 heterocycles. The molecule has 0 spiro atoms. The topological polar surface area (TPSA) is 52.7 Å². The summed E-state index contributed by atoms with van der Waals surface area (Å²) >= 11 is 12.1. The van der Waals surface area contributed by atoms with Crippen LogP contribution in [0.15, 0.2) is 42.5 Å². The number of anilines is 1. The largest absolute Gasteiger partial charge is 0.338 e. The molecule has 156 valence electrons. The second-order valence-electron chi connectivity index (χ2n) is 7.28. The fourth-order valence-electron chi connectivity index (χ4n) is 2.92. The minimum Gasteiger partial charge on any atom is -0.338 e. The number of nitrogens with one attached hydrogen (secondary N) is 1. The van der Waals surface area contributed by atoms with Crippen molar-refractivity contribution in [2.24, 2.45) is 0 Å². The van der Waals surface area contributed by atoms with Crippen LogP contribution in [-0.2, 0) is 22.6 Å². The third-order valence-electron chi connectivity index (χ3n) is 4.37. The maximum atomic E-state index is 13.0. The Morgan fingerprint density at radius 2 is 1.59 bits per heavy atom. The van der Waals surface area contributed by atoms with Crippen LogP contribution in [0.25, 0.3) is 0 Å². The van der Waals surface area contributed by atoms with Crippen LogP contribution in [0.4, 0.5) is 5.69 Å². The van der Waals surface area contributed by atoms with Gasteiger partial charge in [-0.05, 0) is 62.5 Å². The Bertz CT molecular complexity index is 838. The van der Waals surface area contributed by atoms with Gasteiger partial charge >= 0.3 is 0 Å². The molecular formula is C22H27Cl2N3O2. The lowest BCUT2D eigenvalue weighted by Gasteiger charge is -2.24. The Morgan fingerprint density at radius 3 is 2.17 bits per heavy atom. The summed E-state index contributed by atoms with van der Waals surface area (Å²) in [4.78, 5) is 28.1. The second-order valence-corrected chi connectivity index (χ2v) is 8.09. The van der Waals surface area contributed by atoms with E-state index in [0.29, 0.717) is 35.2 Å². The molecular weight excluding hydrogens is 409 g/mol. The maximum absolute atomic E-state index is 13.0. The highest BCUT2D eigenvalue weighted by atomic mass is 35.5. The standard InChI is InChI=1S/C22H27Cl2N3O2/c1-16(28)25-19-8-5-17(6-9-19)14-22(29)27(12-4-11-26(2)3)15-18-7-10-20(23)21(24)13-18/h5-10,13H,4,11-12,14-15H2,1-3H3,(H,25,28). The van der Waals surface area contributed by atoms with Gasteiger partial charge < -0.3 is 15.1 Å². The highest BCUT2D eigenvalue weighted by Gasteiger charge is 2.15. The van der Waals surface area contributed by atoms with E-state index in [1.807, 2.05) is 37.2 Å². The van der Waals surface area contributed by atoms with Gasteiger partial charge in [0.25, 0.3) is 0 Å². The van der Waals surface area contributed by atoms with E-state index < -0.39 is 0 Å². The maximum Gasteiger partial charge on any atom is 0.227 e. The van der Waals surface area contributed by atoms with Crippen LogP contribution in [0.2, 0.25) is 10.0 Å². The summed E-state index contributed by atoms with van der Waals surface area (Å²) in [5.41, 5.74) is 2.56. The van der Waals surface area contributed by atoms with Crippen molar-refractivity contribution >= 4 is 40.7 Å². The molecule has 2 rings (SSSR count). The Balaban J connectivity index is 2.08. The van der Waals surface area contributed by atoms with E-state index in [1.165, 1.54) is 6.92 Å². The summed E-state index contributed by atoms with van der Waals surface area (Å²) in [5, 5.41) is 3.71. The zero-order valence-electron chi connectivity index (χ0n) is 17.0. The predicted molar refractivity (Wildman–Crippen MR) is 119 cm³/mol. The van der Waals surface area contributed by atoms with Crippen molar-refractivity contribution < 1.29 is 9.59 Å². The summed E-state index contributed by atoms with van der Waals surface area (Å²) in [6, 6.07) is 12.8. The number of carbonyl (C=O) groups excluding carboxylic acids is 2. The minimum atomic E-state index is -0.123. The monoisotopic (exact) mass is 435 g/mol. The predicted octanol–water partition coefficient (Wildman–Crippen LogP) is 4.47. The smallest absolute Gasteiger partial charge is 0.227 e. The van der Waals surface area contributed by atoms with Crippen molar-refractivity contribution in [3.8, 4) is 0 Å². The molecule has 0 aliphatic heterocycles. The van der Waals surface area contributed by atoms with E-state index in [1.54, 1.807) is 24.3 Å². The van der Waals surface area contributed by atoms with E-state index in [4.69, 9.17) is 23.2 Å². The van der Waals surface area contributed by atoms with E-state index in [-0.39, 0.29) is 11.8 Å². The summed E-state index contributed by atoms with van der Waals surface area (Å²) in [6.07, 6.45) is 1.17. The van der Waals surface area contributed by atoms with Crippen molar-refractivity contribution in [1.82, 2.24) is 9.80 Å². The molecule has 0 fully saturated rings. The molecule has 2 amide bonds. The van der Waals surface area contributed by atoms with Crippen molar-refractivity contribution in [3.05, 3.63) is 63.6 Å². The summed E-state index contributed by atoms with van der Waals surface area (Å²) < 4.78 is 0. The number of benzene rings is 2. The number of hydrogen-bond donors (Lipinski definition) is 1. The summed E-state index contributed by atoms with van der Waals surface area (Å²) in [6.45, 7) is 3.50. The molecule has 0 atom stereocenters. The quantitative estimate of drug-likeness (QED) is 0.631. The average Bonchev–Trinajstić information content (AvgIpc) is 2.64. The van der Waals surface area contributed by atoms with Gasteiger partial charge in [-0.1, -0.05) is 41.4 Å². The molecule has 29 heavy (non-hydrogen) atoms. The van der Waals surface area contributed by atoms with Crippen LogP contribution in [0, 0.1) is 0 Å². The van der Waals surface area contributed by atoms with Crippen molar-refractivity contribution in [1.29, 1.82) is 0 Å². The lowest BCUT2D eigenvalue weighted by atomic mass is 10.1. The van der Waals surface area contributed by atoms with Crippen LogP contribution in [0.3, 0.4) is 0 Å². The Hall–Kier alpha value is -2.08. The first kappa shape index (κ1) is 23.2. The summed E-state index contributed by atoms with van der Waals surface area (Å²) in [7, 11) is 4.03. The zero-order chi connectivity index (χ0) is 21.4. The molecule has 0 aromatic heterocycles. The van der Waals surface area contributed by atoms with Crippen LogP contribution in [0.5, 0.6) is 0 Å². The van der Waals surface area contributed by atoms with Gasteiger partial charge in [0.2, 0.25) is 11.8 Å². The third kappa shape index (κ3) is 8.05. The zero-order valence-corrected chi connectivity index (χ0v) is 18.6. The third-order valence-corrected chi connectivity index (χ3v) is 5.11. The molecule has 0 bridgehead atoms. The van der Waals surface area contributed by atoms with Gasteiger partial charge in [0, 0.05) is 25.7 Å². The molecule has 0 aliphatic rings. The molecule has 7 heteroatoms. The fourth-order valence-corrected chi connectivity index (χ4v) is 3.24. The van der Waals surface area contributed by atoms with Gasteiger partial charge in [0.1, 0.15) is 0 Å². The number of carbonyl (C=O) groups is 2. The molecule has 0 aliphatic carbocycles. The Kier molecular flexibility index (Phi) is 8.96. The van der Waals surface area contributed by atoms with Gasteiger partial charge in [0.05, 0.1) is 16.5 Å². The van der Waals surface area contributed by atoms with Crippen LogP contribution in [0.1, 0.15) is 24.5 Å². The van der Waals surface area contributed by atoms with Crippen molar-refractivity contribution in [3.63, 3.8) is 0 Å². The lowest BCUT2D eigenvalue weighted by Crippen LogP contribution is -2.34. The van der Waals surface area contributed by atoms with Gasteiger partial charge in [-0.25, -0.2) is 0 Å². The minimum absolute atomic E-state index is 0.0436. The van der Waals surface area contributed by atoms with E-state index >= 15 is 0 Å². The molecule has 0 radical (unpaired) electrons. The SMILES string of the molecule is CC(=O)Nc1ccc(CC(=O)N(CCCN(C)C)Cc2ccc(Cl)c(Cl)c2)cc1. The van der Waals surface area contributed by atoms with E-state index in [9.17, 15) is 9.59 Å². The fraction of sp³-hybridized carbons (Fsp3) is 0.364. The van der Waals surface area contributed by atoms with Gasteiger partial charge in [-0.2, -0.15) is 0 Å². The van der Waals surface area contributed by atoms with Gasteiger partial charge in [-0.15, -0.1) is 0 Å². The lowest BCUT2D eigenvalue weighted by molar-refractivity contribution is -0.131. The molecule has 2 aromatic carbocycles. The van der Waals surface area contributed by atoms with Crippen LogP contribution >= 0.6 is 23.2 Å². The van der Waals surface area contributed by atoms with Crippen molar-refractivity contribution in [2.45, 2.75) is 26.3 Å². The van der Waals surface area contributed by atoms with E-state index in [0.717, 1.165) is 24.1 Å². The first-order valence-electron chi connectivity index (χ1n) is 9.47. The van der Waals surface area contributed by atoms with Crippen LogP contribution < -0.4 is 5.32 Å². The normalized spacial score (nSPS) is 10.8. The molecule has 5 nitrogen and oxygen atoms in total. The first-order valence-corrected chi connectivity index (χ1v) is 10.2. The Labute approximate surface area is 182 Å². The molecule has 0 saturated carbocycles. The number of amides is 2. The number of hydrogen-bond acceptors (Lipinski definition) is 3. The molecule has 1 N–H and O–H groups in total.